The number of hydrogen-bond donors (Lipinski definition) is 0. The van der Waals surface area contributed by atoms with Crippen molar-refractivity contribution in [1.29, 1.82) is 0 Å². The Bertz CT molecular complexity index is 382. The van der Waals surface area contributed by atoms with Crippen LogP contribution in [-0.2, 0) is 11.5 Å². The highest BCUT2D eigenvalue weighted by molar-refractivity contribution is 7.98. The van der Waals surface area contributed by atoms with Crippen LogP contribution in [0.2, 0.25) is 0 Å². The van der Waals surface area contributed by atoms with Crippen LogP contribution >= 0.6 is 23.5 Å². The zero-order valence-corrected chi connectivity index (χ0v) is 11.8. The highest BCUT2D eigenvalue weighted by Crippen LogP contribution is 2.30. The van der Waals surface area contributed by atoms with Crippen LogP contribution < -0.4 is 0 Å². The second kappa shape index (κ2) is 7.28. The second-order valence-corrected chi connectivity index (χ2v) is 6.04. The number of benzene rings is 1. The second-order valence-electron chi connectivity index (χ2n) is 3.49. The number of thioether (sulfide) groups is 2. The van der Waals surface area contributed by atoms with Crippen LogP contribution in [0.3, 0.4) is 0 Å². The van der Waals surface area contributed by atoms with Crippen LogP contribution in [0.1, 0.15) is 25.0 Å². The fourth-order valence-corrected chi connectivity index (χ4v) is 2.85. The van der Waals surface area contributed by atoms with E-state index < -0.39 is 23.3 Å². The van der Waals surface area contributed by atoms with E-state index in [1.165, 1.54) is 23.5 Å². The Balaban J connectivity index is 3.24. The molecule has 0 heterocycles. The fourth-order valence-electron chi connectivity index (χ4n) is 1.43. The van der Waals surface area contributed by atoms with Gasteiger partial charge in [-0.05, 0) is 11.5 Å². The van der Waals surface area contributed by atoms with Crippen molar-refractivity contribution in [3.8, 4) is 0 Å². The average Bonchev–Trinajstić information content (AvgIpc) is 2.38. The summed E-state index contributed by atoms with van der Waals surface area (Å²) in [4.78, 5) is 0. The Morgan fingerprint density at radius 1 is 0.667 bits per heavy atom. The van der Waals surface area contributed by atoms with Gasteiger partial charge in [0.25, 0.3) is 0 Å². The Kier molecular flexibility index (Phi) is 6.35. The molecule has 0 fully saturated rings. The van der Waals surface area contributed by atoms with E-state index in [1.54, 1.807) is 0 Å². The Labute approximate surface area is 113 Å². The summed E-state index contributed by atoms with van der Waals surface area (Å²) in [7, 11) is 0. The molecule has 0 unspecified atom stereocenters. The summed E-state index contributed by atoms with van der Waals surface area (Å²) in [6, 6.07) is 0. The van der Waals surface area contributed by atoms with E-state index in [2.05, 4.69) is 0 Å². The Morgan fingerprint density at radius 3 is 1.28 bits per heavy atom. The number of hydrogen-bond acceptors (Lipinski definition) is 2. The normalized spacial score (nSPS) is 11.0. The van der Waals surface area contributed by atoms with Gasteiger partial charge in [0.15, 0.2) is 23.3 Å². The summed E-state index contributed by atoms with van der Waals surface area (Å²) in [5.74, 6) is -4.27. The molecular formula is C12H14F4S2. The average molecular weight is 298 g/mol. The molecule has 0 bridgehead atoms. The molecule has 0 aliphatic rings. The van der Waals surface area contributed by atoms with E-state index >= 15 is 0 Å². The monoisotopic (exact) mass is 298 g/mol. The Morgan fingerprint density at radius 2 is 1.00 bits per heavy atom. The molecule has 0 amide bonds. The number of rotatable bonds is 6. The lowest BCUT2D eigenvalue weighted by Gasteiger charge is -2.12. The predicted octanol–water partition coefficient (Wildman–Crippen LogP) is 4.75. The summed E-state index contributed by atoms with van der Waals surface area (Å²) in [6.45, 7) is 3.72. The smallest absolute Gasteiger partial charge is 0.197 e. The summed E-state index contributed by atoms with van der Waals surface area (Å²) >= 11 is 2.68. The summed E-state index contributed by atoms with van der Waals surface area (Å²) < 4.78 is 53.6. The van der Waals surface area contributed by atoms with Gasteiger partial charge in [0.1, 0.15) is 0 Å². The van der Waals surface area contributed by atoms with Gasteiger partial charge in [-0.1, -0.05) is 13.8 Å². The quantitative estimate of drug-likeness (QED) is 0.422. The van der Waals surface area contributed by atoms with E-state index in [-0.39, 0.29) is 22.6 Å². The van der Waals surface area contributed by atoms with Gasteiger partial charge >= 0.3 is 0 Å². The zero-order valence-electron chi connectivity index (χ0n) is 10.2. The minimum absolute atomic E-state index is 0.0563. The van der Waals surface area contributed by atoms with Crippen molar-refractivity contribution in [3.05, 3.63) is 34.4 Å². The molecule has 1 rings (SSSR count). The molecule has 0 N–H and O–H groups in total. The lowest BCUT2D eigenvalue weighted by molar-refractivity contribution is 0.402. The fraction of sp³-hybridized carbons (Fsp3) is 0.500. The minimum atomic E-state index is -1.72. The van der Waals surface area contributed by atoms with E-state index in [0.717, 1.165) is 0 Å². The lowest BCUT2D eigenvalue weighted by atomic mass is 10.1. The van der Waals surface area contributed by atoms with Crippen molar-refractivity contribution in [3.63, 3.8) is 0 Å². The molecule has 0 aliphatic carbocycles. The molecule has 1 aromatic rings. The topological polar surface area (TPSA) is 0 Å². The molecule has 0 atom stereocenters. The van der Waals surface area contributed by atoms with Crippen molar-refractivity contribution in [2.24, 2.45) is 0 Å². The SMILES string of the molecule is CCSCc1c(F)c(F)c(F)c(F)c1CSCC. The van der Waals surface area contributed by atoms with Crippen molar-refractivity contribution in [2.75, 3.05) is 11.5 Å². The maximum Gasteiger partial charge on any atom is 0.197 e. The molecule has 18 heavy (non-hydrogen) atoms. The van der Waals surface area contributed by atoms with E-state index in [0.29, 0.717) is 11.5 Å². The van der Waals surface area contributed by atoms with Crippen LogP contribution in [0.15, 0.2) is 0 Å². The van der Waals surface area contributed by atoms with Gasteiger partial charge in [0.05, 0.1) is 0 Å². The van der Waals surface area contributed by atoms with Crippen molar-refractivity contribution < 1.29 is 17.6 Å². The van der Waals surface area contributed by atoms with E-state index in [9.17, 15) is 17.6 Å². The first-order valence-electron chi connectivity index (χ1n) is 5.53. The first-order valence-corrected chi connectivity index (χ1v) is 7.84. The van der Waals surface area contributed by atoms with Gasteiger partial charge in [-0.3, -0.25) is 0 Å². The van der Waals surface area contributed by atoms with Crippen LogP contribution in [0.5, 0.6) is 0 Å². The van der Waals surface area contributed by atoms with Crippen LogP contribution in [0.4, 0.5) is 17.6 Å². The summed E-state index contributed by atoms with van der Waals surface area (Å²) in [5, 5.41) is 0. The minimum Gasteiger partial charge on any atom is -0.203 e. The third-order valence-electron chi connectivity index (χ3n) is 2.37. The van der Waals surface area contributed by atoms with Gasteiger partial charge in [-0.25, -0.2) is 17.6 Å². The van der Waals surface area contributed by atoms with E-state index in [4.69, 9.17) is 0 Å². The van der Waals surface area contributed by atoms with Gasteiger partial charge in [0.2, 0.25) is 0 Å². The van der Waals surface area contributed by atoms with Crippen LogP contribution in [0.25, 0.3) is 0 Å². The molecule has 6 heteroatoms. The summed E-state index contributed by atoms with van der Waals surface area (Å²) in [6.07, 6.45) is 0. The highest BCUT2D eigenvalue weighted by Gasteiger charge is 2.24. The van der Waals surface area contributed by atoms with Crippen LogP contribution in [0, 0.1) is 23.3 Å². The summed E-state index contributed by atoms with van der Waals surface area (Å²) in [5.41, 5.74) is -0.113. The molecule has 0 spiro atoms. The van der Waals surface area contributed by atoms with Gasteiger partial charge in [0, 0.05) is 22.6 Å². The van der Waals surface area contributed by atoms with Gasteiger partial charge in [-0.15, -0.1) is 0 Å². The molecule has 0 radical (unpaired) electrons. The third kappa shape index (κ3) is 3.35. The van der Waals surface area contributed by atoms with Crippen molar-refractivity contribution in [1.82, 2.24) is 0 Å². The zero-order chi connectivity index (χ0) is 13.7. The first kappa shape index (κ1) is 15.7. The van der Waals surface area contributed by atoms with Crippen LogP contribution in [-0.4, -0.2) is 11.5 Å². The maximum absolute atomic E-state index is 13.6. The van der Waals surface area contributed by atoms with Gasteiger partial charge in [-0.2, -0.15) is 23.5 Å². The molecule has 0 saturated heterocycles. The molecule has 0 saturated carbocycles. The first-order chi connectivity index (χ1) is 8.54. The lowest BCUT2D eigenvalue weighted by Crippen LogP contribution is -2.07. The molecule has 0 nitrogen and oxygen atoms in total. The third-order valence-corrected chi connectivity index (χ3v) is 4.18. The molecule has 1 aromatic carbocycles. The number of halogens is 4. The molecule has 0 aliphatic heterocycles. The van der Waals surface area contributed by atoms with Crippen molar-refractivity contribution in [2.45, 2.75) is 25.4 Å². The van der Waals surface area contributed by atoms with Crippen molar-refractivity contribution >= 4 is 23.5 Å². The Hall–Kier alpha value is -0.360. The van der Waals surface area contributed by atoms with E-state index in [1.807, 2.05) is 13.8 Å². The van der Waals surface area contributed by atoms with Gasteiger partial charge < -0.3 is 0 Å². The molecule has 0 aromatic heterocycles. The molecule has 102 valence electrons. The standard InChI is InChI=1S/C12H14F4S2/c1-3-17-5-7-8(6-18-4-2)10(14)12(16)11(15)9(7)13/h3-6H2,1-2H3. The maximum atomic E-state index is 13.6. The highest BCUT2D eigenvalue weighted by atomic mass is 32.2. The largest absolute Gasteiger partial charge is 0.203 e. The predicted molar refractivity (Wildman–Crippen MR) is 69.9 cm³/mol. The molecular weight excluding hydrogens is 284 g/mol.